The van der Waals surface area contributed by atoms with Crippen LogP contribution in [-0.4, -0.2) is 26.2 Å². The van der Waals surface area contributed by atoms with Crippen LogP contribution in [0.5, 0.6) is 0 Å². The van der Waals surface area contributed by atoms with E-state index in [2.05, 4.69) is 15.4 Å². The van der Waals surface area contributed by atoms with Crippen LogP contribution in [0.3, 0.4) is 0 Å². The number of tetrazole rings is 1. The number of hydrogen-bond donors (Lipinski definition) is 1. The molecule has 2 rings (SSSR count). The Balaban J connectivity index is 1.69. The second kappa shape index (κ2) is 5.39. The molecule has 16 heavy (non-hydrogen) atoms. The van der Waals surface area contributed by atoms with E-state index in [0.717, 1.165) is 24.6 Å². The third-order valence-electron chi connectivity index (χ3n) is 3.41. The van der Waals surface area contributed by atoms with Gasteiger partial charge >= 0.3 is 0 Å². The first-order chi connectivity index (χ1) is 7.74. The second-order valence-corrected chi connectivity index (χ2v) is 4.89. The molecule has 90 valence electrons. The van der Waals surface area contributed by atoms with Crippen molar-refractivity contribution >= 4 is 0 Å². The quantitative estimate of drug-likeness (QED) is 0.810. The van der Waals surface area contributed by atoms with Gasteiger partial charge in [-0.25, -0.2) is 0 Å². The van der Waals surface area contributed by atoms with E-state index in [4.69, 9.17) is 5.73 Å². The van der Waals surface area contributed by atoms with Gasteiger partial charge in [-0.15, -0.1) is 10.2 Å². The predicted molar refractivity (Wildman–Crippen MR) is 61.7 cm³/mol. The Labute approximate surface area is 96.4 Å². The highest BCUT2D eigenvalue weighted by Crippen LogP contribution is 2.28. The summed E-state index contributed by atoms with van der Waals surface area (Å²) >= 11 is 0. The molecule has 0 aromatic carbocycles. The predicted octanol–water partition coefficient (Wildman–Crippen LogP) is 1.05. The zero-order chi connectivity index (χ0) is 11.4. The molecule has 5 heteroatoms. The minimum Gasteiger partial charge on any atom is -0.327 e. The largest absolute Gasteiger partial charge is 0.327 e. The van der Waals surface area contributed by atoms with Crippen molar-refractivity contribution in [3.8, 4) is 0 Å². The zero-order valence-electron chi connectivity index (χ0n) is 9.97. The van der Waals surface area contributed by atoms with E-state index in [-0.39, 0.29) is 6.04 Å². The van der Waals surface area contributed by atoms with Crippen LogP contribution in [0.4, 0.5) is 0 Å². The van der Waals surface area contributed by atoms with Gasteiger partial charge in [0.05, 0.1) is 7.05 Å². The topological polar surface area (TPSA) is 69.6 Å². The lowest BCUT2D eigenvalue weighted by Gasteiger charge is -2.12. The van der Waals surface area contributed by atoms with E-state index < -0.39 is 0 Å². The van der Waals surface area contributed by atoms with Crippen LogP contribution < -0.4 is 5.73 Å². The van der Waals surface area contributed by atoms with Gasteiger partial charge in [-0.2, -0.15) is 4.80 Å². The summed E-state index contributed by atoms with van der Waals surface area (Å²) in [7, 11) is 1.78. The Morgan fingerprint density at radius 3 is 2.81 bits per heavy atom. The molecular formula is C11H21N5. The monoisotopic (exact) mass is 223 g/mol. The first-order valence-corrected chi connectivity index (χ1v) is 6.22. The molecule has 0 bridgehead atoms. The summed E-state index contributed by atoms with van der Waals surface area (Å²) in [5.74, 6) is 1.68. The van der Waals surface area contributed by atoms with Crippen molar-refractivity contribution in [2.75, 3.05) is 0 Å². The summed E-state index contributed by atoms with van der Waals surface area (Å²) < 4.78 is 0. The Kier molecular flexibility index (Phi) is 3.88. The number of hydrogen-bond acceptors (Lipinski definition) is 4. The summed E-state index contributed by atoms with van der Waals surface area (Å²) in [5, 5.41) is 11.9. The van der Waals surface area contributed by atoms with Crippen LogP contribution in [0.1, 0.15) is 44.3 Å². The average Bonchev–Trinajstić information content (AvgIpc) is 2.87. The first kappa shape index (κ1) is 11.5. The molecule has 1 aliphatic rings. The van der Waals surface area contributed by atoms with Crippen LogP contribution in [0.2, 0.25) is 0 Å². The summed E-state index contributed by atoms with van der Waals surface area (Å²) in [6.07, 6.45) is 8.72. The van der Waals surface area contributed by atoms with Crippen LogP contribution in [0.15, 0.2) is 0 Å². The zero-order valence-corrected chi connectivity index (χ0v) is 9.97. The lowest BCUT2D eigenvalue weighted by atomic mass is 9.97. The van der Waals surface area contributed by atoms with Gasteiger partial charge in [-0.1, -0.05) is 25.7 Å². The molecule has 1 atom stereocenters. The van der Waals surface area contributed by atoms with Crippen molar-refractivity contribution < 1.29 is 0 Å². The first-order valence-electron chi connectivity index (χ1n) is 6.22. The maximum Gasteiger partial charge on any atom is 0.176 e. The maximum atomic E-state index is 6.08. The molecule has 0 amide bonds. The van der Waals surface area contributed by atoms with Gasteiger partial charge in [0.25, 0.3) is 0 Å². The van der Waals surface area contributed by atoms with E-state index in [1.807, 2.05) is 0 Å². The van der Waals surface area contributed by atoms with Crippen LogP contribution in [0.25, 0.3) is 0 Å². The SMILES string of the molecule is Cn1nnc(CC(N)CCC2CCCC2)n1. The molecule has 1 unspecified atom stereocenters. The number of nitrogens with zero attached hydrogens (tertiary/aromatic N) is 4. The van der Waals surface area contributed by atoms with Crippen molar-refractivity contribution in [1.29, 1.82) is 0 Å². The number of nitrogens with two attached hydrogens (primary N) is 1. The Bertz CT molecular complexity index is 316. The summed E-state index contributed by atoms with van der Waals surface area (Å²) in [6.45, 7) is 0. The van der Waals surface area contributed by atoms with Crippen LogP contribution in [0, 0.1) is 5.92 Å². The fraction of sp³-hybridized carbons (Fsp3) is 0.909. The number of aromatic nitrogens is 4. The number of rotatable bonds is 5. The summed E-state index contributed by atoms with van der Waals surface area (Å²) in [4.78, 5) is 1.49. The van der Waals surface area contributed by atoms with E-state index in [1.54, 1.807) is 7.05 Å². The lowest BCUT2D eigenvalue weighted by Crippen LogP contribution is -2.24. The van der Waals surface area contributed by atoms with Gasteiger partial charge in [-0.05, 0) is 24.0 Å². The van der Waals surface area contributed by atoms with E-state index in [1.165, 1.54) is 36.9 Å². The molecule has 2 N–H and O–H groups in total. The van der Waals surface area contributed by atoms with Gasteiger partial charge in [0, 0.05) is 12.5 Å². The van der Waals surface area contributed by atoms with Crippen molar-refractivity contribution in [3.05, 3.63) is 5.82 Å². The second-order valence-electron chi connectivity index (χ2n) is 4.89. The minimum atomic E-state index is 0.185. The molecule has 0 radical (unpaired) electrons. The van der Waals surface area contributed by atoms with Crippen molar-refractivity contribution in [2.45, 2.75) is 51.0 Å². The molecule has 1 aromatic heterocycles. The highest BCUT2D eigenvalue weighted by Gasteiger charge is 2.16. The molecule has 0 saturated heterocycles. The fourth-order valence-corrected chi connectivity index (χ4v) is 2.49. The molecule has 1 aliphatic carbocycles. The average molecular weight is 223 g/mol. The van der Waals surface area contributed by atoms with Crippen LogP contribution >= 0.6 is 0 Å². The van der Waals surface area contributed by atoms with Crippen LogP contribution in [-0.2, 0) is 13.5 Å². The molecule has 1 heterocycles. The molecule has 1 saturated carbocycles. The molecule has 1 aromatic rings. The minimum absolute atomic E-state index is 0.185. The van der Waals surface area contributed by atoms with E-state index in [9.17, 15) is 0 Å². The van der Waals surface area contributed by atoms with Gasteiger partial charge in [-0.3, -0.25) is 0 Å². The summed E-state index contributed by atoms with van der Waals surface area (Å²) in [5.41, 5.74) is 6.08. The molecule has 5 nitrogen and oxygen atoms in total. The molecule has 1 fully saturated rings. The Morgan fingerprint density at radius 1 is 1.44 bits per heavy atom. The van der Waals surface area contributed by atoms with Crippen molar-refractivity contribution in [1.82, 2.24) is 20.2 Å². The van der Waals surface area contributed by atoms with Gasteiger partial charge in [0.2, 0.25) is 0 Å². The number of aryl methyl sites for hydroxylation is 1. The van der Waals surface area contributed by atoms with Crippen molar-refractivity contribution in [3.63, 3.8) is 0 Å². The van der Waals surface area contributed by atoms with Gasteiger partial charge in [0.15, 0.2) is 5.82 Å². The smallest absolute Gasteiger partial charge is 0.176 e. The standard InChI is InChI=1S/C11H21N5/c1-16-14-11(13-15-16)8-10(12)7-6-9-4-2-3-5-9/h9-10H,2-8,12H2,1H3. The maximum absolute atomic E-state index is 6.08. The lowest BCUT2D eigenvalue weighted by molar-refractivity contribution is 0.444. The normalized spacial score (nSPS) is 19.1. The van der Waals surface area contributed by atoms with E-state index >= 15 is 0 Å². The van der Waals surface area contributed by atoms with Gasteiger partial charge < -0.3 is 5.73 Å². The molecule has 0 aliphatic heterocycles. The summed E-state index contributed by atoms with van der Waals surface area (Å²) in [6, 6.07) is 0.185. The highest BCUT2D eigenvalue weighted by atomic mass is 15.6. The third-order valence-corrected chi connectivity index (χ3v) is 3.41. The fourth-order valence-electron chi connectivity index (χ4n) is 2.49. The van der Waals surface area contributed by atoms with E-state index in [0.29, 0.717) is 0 Å². The molecule has 0 spiro atoms. The highest BCUT2D eigenvalue weighted by molar-refractivity contribution is 4.83. The molecular weight excluding hydrogens is 202 g/mol. The Morgan fingerprint density at radius 2 is 2.19 bits per heavy atom. The third kappa shape index (κ3) is 3.27. The van der Waals surface area contributed by atoms with Crippen molar-refractivity contribution in [2.24, 2.45) is 18.7 Å². The Hall–Kier alpha value is -0.970. The van der Waals surface area contributed by atoms with Gasteiger partial charge in [0.1, 0.15) is 0 Å².